The number of rotatable bonds is 3. The van der Waals surface area contributed by atoms with E-state index >= 15 is 0 Å². The molecule has 2 aliphatic heterocycles. The largest absolute Gasteiger partial charge is 0.326 e. The van der Waals surface area contributed by atoms with Gasteiger partial charge < -0.3 is 5.32 Å². The molecule has 3 fully saturated rings. The summed E-state index contributed by atoms with van der Waals surface area (Å²) in [5.74, 6) is 0.203. The van der Waals surface area contributed by atoms with Crippen molar-refractivity contribution in [3.63, 3.8) is 0 Å². The van der Waals surface area contributed by atoms with E-state index in [-0.39, 0.29) is 17.9 Å². The number of hydrogen-bond acceptors (Lipinski definition) is 3. The lowest BCUT2D eigenvalue weighted by Gasteiger charge is -2.37. The molecule has 0 bridgehead atoms. The third kappa shape index (κ3) is 2.74. The lowest BCUT2D eigenvalue weighted by atomic mass is 9.73. The summed E-state index contributed by atoms with van der Waals surface area (Å²) in [7, 11) is 0. The summed E-state index contributed by atoms with van der Waals surface area (Å²) in [4.78, 5) is 29.5. The van der Waals surface area contributed by atoms with Crippen molar-refractivity contribution in [1.29, 1.82) is 0 Å². The minimum absolute atomic E-state index is 0.0107. The Bertz CT molecular complexity index is 662. The number of carbonyl (C=O) groups excluding carboxylic acids is 2. The van der Waals surface area contributed by atoms with Crippen LogP contribution in [-0.4, -0.2) is 40.5 Å². The second-order valence-corrected chi connectivity index (χ2v) is 7.80. The van der Waals surface area contributed by atoms with Crippen molar-refractivity contribution < 1.29 is 9.59 Å². The Balaban J connectivity index is 1.52. The summed E-state index contributed by atoms with van der Waals surface area (Å²) in [6, 6.07) is 10.5. The Kier molecular flexibility index (Phi) is 4.28. The Morgan fingerprint density at radius 1 is 1.12 bits per heavy atom. The maximum absolute atomic E-state index is 13.2. The molecular weight excluding hydrogens is 314 g/mol. The van der Waals surface area contributed by atoms with Crippen molar-refractivity contribution in [3.05, 3.63) is 35.9 Å². The zero-order valence-corrected chi connectivity index (χ0v) is 14.9. The quantitative estimate of drug-likeness (QED) is 0.859. The van der Waals surface area contributed by atoms with E-state index in [4.69, 9.17) is 0 Å². The van der Waals surface area contributed by atoms with Crippen molar-refractivity contribution in [2.75, 3.05) is 13.2 Å². The molecule has 1 aromatic carbocycles. The number of nitrogens with one attached hydrogen (secondary N) is 1. The molecule has 1 spiro atoms. The molecule has 1 aliphatic carbocycles. The molecule has 134 valence electrons. The summed E-state index contributed by atoms with van der Waals surface area (Å²) in [5.41, 5.74) is 0.616. The summed E-state index contributed by atoms with van der Waals surface area (Å²) >= 11 is 0. The SMILES string of the molecule is C[C@@H]1CCCC[C@]12NC(=O)N(CN1CCC[C@@H]1c1ccccc1)C2=O. The van der Waals surface area contributed by atoms with E-state index in [2.05, 4.69) is 41.4 Å². The highest BCUT2D eigenvalue weighted by atomic mass is 16.2. The predicted molar refractivity (Wildman–Crippen MR) is 95.7 cm³/mol. The molecule has 4 rings (SSSR count). The van der Waals surface area contributed by atoms with Crippen LogP contribution in [0.2, 0.25) is 0 Å². The molecule has 1 aromatic rings. The van der Waals surface area contributed by atoms with Gasteiger partial charge in [0.15, 0.2) is 0 Å². The number of imide groups is 1. The number of likely N-dealkylation sites (tertiary alicyclic amines) is 1. The van der Waals surface area contributed by atoms with Crippen LogP contribution in [0.25, 0.3) is 0 Å². The molecular formula is C20H27N3O2. The second kappa shape index (κ2) is 6.45. The van der Waals surface area contributed by atoms with Crippen LogP contribution in [0.15, 0.2) is 30.3 Å². The van der Waals surface area contributed by atoms with Crippen molar-refractivity contribution >= 4 is 11.9 Å². The van der Waals surface area contributed by atoms with Gasteiger partial charge in [0.05, 0.1) is 6.67 Å². The van der Waals surface area contributed by atoms with Crippen LogP contribution in [0.3, 0.4) is 0 Å². The number of nitrogens with zero attached hydrogens (tertiary/aromatic N) is 2. The average Bonchev–Trinajstić information content (AvgIpc) is 3.18. The molecule has 3 amide bonds. The first-order chi connectivity index (χ1) is 12.1. The fourth-order valence-corrected chi connectivity index (χ4v) is 4.85. The molecule has 0 aromatic heterocycles. The summed E-state index contributed by atoms with van der Waals surface area (Å²) in [5, 5.41) is 3.06. The van der Waals surface area contributed by atoms with Crippen LogP contribution >= 0.6 is 0 Å². The molecule has 0 unspecified atom stereocenters. The number of amides is 3. The molecule has 1 N–H and O–H groups in total. The first kappa shape index (κ1) is 16.6. The van der Waals surface area contributed by atoms with Gasteiger partial charge in [-0.2, -0.15) is 0 Å². The fraction of sp³-hybridized carbons (Fsp3) is 0.600. The third-order valence-electron chi connectivity index (χ3n) is 6.37. The molecule has 0 radical (unpaired) electrons. The minimum Gasteiger partial charge on any atom is -0.323 e. The first-order valence-corrected chi connectivity index (χ1v) is 9.55. The molecule has 25 heavy (non-hydrogen) atoms. The average molecular weight is 341 g/mol. The molecule has 3 atom stereocenters. The molecule has 2 saturated heterocycles. The van der Waals surface area contributed by atoms with Crippen molar-refractivity contribution in [3.8, 4) is 0 Å². The summed E-state index contributed by atoms with van der Waals surface area (Å²) in [6.45, 7) is 3.43. The van der Waals surface area contributed by atoms with Crippen LogP contribution in [0.4, 0.5) is 4.79 Å². The van der Waals surface area contributed by atoms with Crippen LogP contribution in [0, 0.1) is 5.92 Å². The fourth-order valence-electron chi connectivity index (χ4n) is 4.85. The summed E-state index contributed by atoms with van der Waals surface area (Å²) in [6.07, 6.45) is 6.13. The van der Waals surface area contributed by atoms with E-state index in [9.17, 15) is 9.59 Å². The zero-order valence-electron chi connectivity index (χ0n) is 14.9. The molecule has 1 saturated carbocycles. The van der Waals surface area contributed by atoms with Crippen LogP contribution < -0.4 is 5.32 Å². The van der Waals surface area contributed by atoms with E-state index in [1.807, 2.05) is 6.07 Å². The zero-order chi connectivity index (χ0) is 17.4. The van der Waals surface area contributed by atoms with Crippen molar-refractivity contribution in [2.24, 2.45) is 5.92 Å². The topological polar surface area (TPSA) is 52.7 Å². The first-order valence-electron chi connectivity index (χ1n) is 9.55. The van der Waals surface area contributed by atoms with Crippen molar-refractivity contribution in [1.82, 2.24) is 15.1 Å². The highest BCUT2D eigenvalue weighted by Gasteiger charge is 2.55. The molecule has 5 nitrogen and oxygen atoms in total. The normalized spacial score (nSPS) is 33.2. The number of benzene rings is 1. The standard InChI is InChI=1S/C20H27N3O2/c1-15-8-5-6-12-20(15)18(24)23(19(25)21-20)14-22-13-7-11-17(22)16-9-3-2-4-10-16/h2-4,9-10,15,17H,5-8,11-14H2,1H3,(H,21,25)/t15-,17-,20+/m1/s1. The predicted octanol–water partition coefficient (Wildman–Crippen LogP) is 3.28. The van der Waals surface area contributed by atoms with Gasteiger partial charge in [-0.3, -0.25) is 9.69 Å². The number of hydrogen-bond donors (Lipinski definition) is 1. The van der Waals surface area contributed by atoms with Crippen LogP contribution in [0.5, 0.6) is 0 Å². The maximum Gasteiger partial charge on any atom is 0.326 e. The van der Waals surface area contributed by atoms with E-state index < -0.39 is 5.54 Å². The Labute approximate surface area is 149 Å². The number of carbonyl (C=O) groups is 2. The smallest absolute Gasteiger partial charge is 0.323 e. The highest BCUT2D eigenvalue weighted by Crippen LogP contribution is 2.39. The van der Waals surface area contributed by atoms with Crippen molar-refractivity contribution in [2.45, 2.75) is 57.0 Å². The molecule has 3 aliphatic rings. The van der Waals surface area contributed by atoms with Gasteiger partial charge in [-0.25, -0.2) is 9.69 Å². The Hall–Kier alpha value is -1.88. The van der Waals surface area contributed by atoms with Gasteiger partial charge in [-0.15, -0.1) is 0 Å². The van der Waals surface area contributed by atoms with Crippen LogP contribution in [-0.2, 0) is 4.79 Å². The highest BCUT2D eigenvalue weighted by molar-refractivity contribution is 6.07. The lowest BCUT2D eigenvalue weighted by Crippen LogP contribution is -2.54. The monoisotopic (exact) mass is 341 g/mol. The van der Waals surface area contributed by atoms with Gasteiger partial charge in [0.1, 0.15) is 5.54 Å². The lowest BCUT2D eigenvalue weighted by molar-refractivity contribution is -0.135. The van der Waals surface area contributed by atoms with Gasteiger partial charge in [-0.05, 0) is 37.2 Å². The summed E-state index contributed by atoms with van der Waals surface area (Å²) < 4.78 is 0. The Morgan fingerprint density at radius 2 is 1.92 bits per heavy atom. The van der Waals surface area contributed by atoms with Gasteiger partial charge in [-0.1, -0.05) is 50.1 Å². The van der Waals surface area contributed by atoms with E-state index in [0.717, 1.165) is 45.1 Å². The van der Waals surface area contributed by atoms with Gasteiger partial charge in [0.2, 0.25) is 0 Å². The van der Waals surface area contributed by atoms with E-state index in [1.54, 1.807) is 0 Å². The minimum atomic E-state index is -0.655. The van der Waals surface area contributed by atoms with E-state index in [0.29, 0.717) is 12.7 Å². The maximum atomic E-state index is 13.2. The Morgan fingerprint density at radius 3 is 2.68 bits per heavy atom. The van der Waals surface area contributed by atoms with E-state index in [1.165, 1.54) is 10.5 Å². The van der Waals surface area contributed by atoms with Gasteiger partial charge in [0, 0.05) is 12.6 Å². The van der Waals surface area contributed by atoms with Crippen LogP contribution in [0.1, 0.15) is 57.1 Å². The number of urea groups is 1. The molecule has 5 heteroatoms. The van der Waals surface area contributed by atoms with Gasteiger partial charge in [0.25, 0.3) is 5.91 Å². The third-order valence-corrected chi connectivity index (χ3v) is 6.37. The van der Waals surface area contributed by atoms with Gasteiger partial charge >= 0.3 is 6.03 Å². The second-order valence-electron chi connectivity index (χ2n) is 7.80. The molecule has 2 heterocycles.